The average molecular weight is 328 g/mol. The molecular formula is C18H24N4O2. The third-order valence-corrected chi connectivity index (χ3v) is 4.30. The lowest BCUT2D eigenvalue weighted by Gasteiger charge is -2.22. The minimum atomic E-state index is -0.111. The summed E-state index contributed by atoms with van der Waals surface area (Å²) in [4.78, 5) is 11.9. The van der Waals surface area contributed by atoms with Crippen molar-refractivity contribution in [2.45, 2.75) is 51.5 Å². The summed E-state index contributed by atoms with van der Waals surface area (Å²) >= 11 is 0. The molecule has 1 aliphatic carbocycles. The van der Waals surface area contributed by atoms with Gasteiger partial charge in [0, 0.05) is 24.6 Å². The predicted octanol–water partition coefficient (Wildman–Crippen LogP) is 3.22. The Hall–Kier alpha value is -2.37. The largest absolute Gasteiger partial charge is 0.421 e. The van der Waals surface area contributed by atoms with Gasteiger partial charge in [0.05, 0.1) is 0 Å². The van der Waals surface area contributed by atoms with Crippen molar-refractivity contribution >= 4 is 6.03 Å². The molecule has 24 heavy (non-hydrogen) atoms. The number of nitrogens with one attached hydrogen (secondary N) is 2. The highest BCUT2D eigenvalue weighted by Gasteiger charge is 2.15. The van der Waals surface area contributed by atoms with E-state index < -0.39 is 0 Å². The minimum Gasteiger partial charge on any atom is -0.421 e. The first-order valence-electron chi connectivity index (χ1n) is 8.64. The Bertz CT molecular complexity index is 677. The summed E-state index contributed by atoms with van der Waals surface area (Å²) in [5.74, 6) is 1.05. The molecule has 1 fully saturated rings. The molecule has 0 spiro atoms. The monoisotopic (exact) mass is 328 g/mol. The smallest absolute Gasteiger partial charge is 0.315 e. The highest BCUT2D eigenvalue weighted by atomic mass is 16.4. The van der Waals surface area contributed by atoms with Gasteiger partial charge in [0.2, 0.25) is 11.8 Å². The molecule has 2 N–H and O–H groups in total. The topological polar surface area (TPSA) is 80.0 Å². The molecule has 0 atom stereocenters. The van der Waals surface area contributed by atoms with Crippen molar-refractivity contribution in [2.24, 2.45) is 0 Å². The lowest BCUT2D eigenvalue weighted by atomic mass is 9.96. The zero-order valence-electron chi connectivity index (χ0n) is 14.0. The van der Waals surface area contributed by atoms with Gasteiger partial charge in [0.25, 0.3) is 0 Å². The van der Waals surface area contributed by atoms with Crippen LogP contribution in [-0.4, -0.2) is 28.8 Å². The van der Waals surface area contributed by atoms with Crippen molar-refractivity contribution in [3.05, 3.63) is 35.7 Å². The molecule has 2 amide bonds. The maximum absolute atomic E-state index is 11.9. The first kappa shape index (κ1) is 16.5. The van der Waals surface area contributed by atoms with Crippen molar-refractivity contribution in [3.8, 4) is 11.5 Å². The van der Waals surface area contributed by atoms with Gasteiger partial charge in [-0.2, -0.15) is 0 Å². The van der Waals surface area contributed by atoms with Gasteiger partial charge < -0.3 is 15.1 Å². The van der Waals surface area contributed by atoms with Gasteiger partial charge in [-0.25, -0.2) is 4.79 Å². The average Bonchev–Trinajstić information content (AvgIpc) is 3.05. The van der Waals surface area contributed by atoms with Gasteiger partial charge in [-0.15, -0.1) is 10.2 Å². The minimum absolute atomic E-state index is 0.111. The zero-order valence-corrected chi connectivity index (χ0v) is 14.0. The van der Waals surface area contributed by atoms with Gasteiger partial charge in [0.15, 0.2) is 0 Å². The van der Waals surface area contributed by atoms with Crippen LogP contribution in [0.4, 0.5) is 4.79 Å². The molecule has 0 aliphatic heterocycles. The number of hydrogen-bond donors (Lipinski definition) is 2. The van der Waals surface area contributed by atoms with Crippen LogP contribution < -0.4 is 10.6 Å². The second-order valence-corrected chi connectivity index (χ2v) is 6.36. The Labute approximate surface area is 142 Å². The Morgan fingerprint density at radius 3 is 2.88 bits per heavy atom. The Morgan fingerprint density at radius 2 is 2.08 bits per heavy atom. The summed E-state index contributed by atoms with van der Waals surface area (Å²) in [6.45, 7) is 2.50. The number of aryl methyl sites for hydroxylation is 1. The van der Waals surface area contributed by atoms with Gasteiger partial charge in [-0.05, 0) is 31.9 Å². The van der Waals surface area contributed by atoms with E-state index in [1.54, 1.807) is 0 Å². The normalized spacial score (nSPS) is 15.2. The molecule has 0 bridgehead atoms. The molecule has 3 rings (SSSR count). The first-order valence-corrected chi connectivity index (χ1v) is 8.64. The van der Waals surface area contributed by atoms with Crippen LogP contribution in [-0.2, 0) is 6.42 Å². The standard InChI is InChI=1S/C18H24N4O2/c1-13-6-5-7-14(12-13)17-22-21-16(24-17)10-11-19-18(23)20-15-8-3-2-4-9-15/h5-7,12,15H,2-4,8-11H2,1H3,(H2,19,20,23). The summed E-state index contributed by atoms with van der Waals surface area (Å²) in [5.41, 5.74) is 2.06. The van der Waals surface area contributed by atoms with E-state index >= 15 is 0 Å². The van der Waals surface area contributed by atoms with Crippen LogP contribution >= 0.6 is 0 Å². The van der Waals surface area contributed by atoms with Crippen LogP contribution in [0.2, 0.25) is 0 Å². The number of carbonyl (C=O) groups excluding carboxylic acids is 1. The summed E-state index contributed by atoms with van der Waals surface area (Å²) in [7, 11) is 0. The third kappa shape index (κ3) is 4.57. The predicted molar refractivity (Wildman–Crippen MR) is 91.6 cm³/mol. The lowest BCUT2D eigenvalue weighted by molar-refractivity contribution is 0.232. The SMILES string of the molecule is Cc1cccc(-c2nnc(CCNC(=O)NC3CCCCC3)o2)c1. The molecule has 0 unspecified atom stereocenters. The van der Waals surface area contributed by atoms with Crippen LogP contribution in [0.1, 0.15) is 43.6 Å². The molecule has 1 saturated carbocycles. The number of nitrogens with zero attached hydrogens (tertiary/aromatic N) is 2. The maximum atomic E-state index is 11.9. The molecule has 2 aromatic rings. The Morgan fingerprint density at radius 1 is 1.25 bits per heavy atom. The summed E-state index contributed by atoms with van der Waals surface area (Å²) in [5, 5.41) is 14.0. The molecule has 0 saturated heterocycles. The van der Waals surface area contributed by atoms with E-state index in [0.29, 0.717) is 30.8 Å². The number of hydrogen-bond acceptors (Lipinski definition) is 4. The highest BCUT2D eigenvalue weighted by Crippen LogP contribution is 2.19. The van der Waals surface area contributed by atoms with Crippen molar-refractivity contribution in [2.75, 3.05) is 6.54 Å². The van der Waals surface area contributed by atoms with Gasteiger partial charge in [0.1, 0.15) is 0 Å². The van der Waals surface area contributed by atoms with E-state index in [1.807, 2.05) is 31.2 Å². The van der Waals surface area contributed by atoms with Gasteiger partial charge >= 0.3 is 6.03 Å². The van der Waals surface area contributed by atoms with E-state index in [4.69, 9.17) is 4.42 Å². The fourth-order valence-corrected chi connectivity index (χ4v) is 3.02. The van der Waals surface area contributed by atoms with Crippen LogP contribution in [0.5, 0.6) is 0 Å². The number of amides is 2. The van der Waals surface area contributed by atoms with Crippen molar-refractivity contribution in [1.82, 2.24) is 20.8 Å². The molecular weight excluding hydrogens is 304 g/mol. The van der Waals surface area contributed by atoms with E-state index in [9.17, 15) is 4.79 Å². The van der Waals surface area contributed by atoms with E-state index in [2.05, 4.69) is 20.8 Å². The molecule has 1 heterocycles. The molecule has 6 heteroatoms. The highest BCUT2D eigenvalue weighted by molar-refractivity contribution is 5.74. The molecule has 1 aliphatic rings. The van der Waals surface area contributed by atoms with Crippen molar-refractivity contribution in [1.29, 1.82) is 0 Å². The second-order valence-electron chi connectivity index (χ2n) is 6.36. The zero-order chi connectivity index (χ0) is 16.8. The van der Waals surface area contributed by atoms with Crippen molar-refractivity contribution in [3.63, 3.8) is 0 Å². The van der Waals surface area contributed by atoms with E-state index in [-0.39, 0.29) is 6.03 Å². The summed E-state index contributed by atoms with van der Waals surface area (Å²) in [6.07, 6.45) is 6.37. The fourth-order valence-electron chi connectivity index (χ4n) is 3.02. The van der Waals surface area contributed by atoms with Gasteiger partial charge in [-0.3, -0.25) is 0 Å². The maximum Gasteiger partial charge on any atom is 0.315 e. The summed E-state index contributed by atoms with van der Waals surface area (Å²) < 4.78 is 5.66. The van der Waals surface area contributed by atoms with E-state index in [0.717, 1.165) is 24.0 Å². The number of carbonyl (C=O) groups is 1. The number of aromatic nitrogens is 2. The second kappa shape index (κ2) is 7.95. The number of urea groups is 1. The third-order valence-electron chi connectivity index (χ3n) is 4.30. The van der Waals surface area contributed by atoms with Crippen LogP contribution in [0.3, 0.4) is 0 Å². The van der Waals surface area contributed by atoms with Gasteiger partial charge in [-0.1, -0.05) is 37.0 Å². The number of rotatable bonds is 5. The van der Waals surface area contributed by atoms with E-state index in [1.165, 1.54) is 19.3 Å². The Kier molecular flexibility index (Phi) is 5.46. The molecule has 128 valence electrons. The first-order chi connectivity index (χ1) is 11.7. The fraction of sp³-hybridized carbons (Fsp3) is 0.500. The summed E-state index contributed by atoms with van der Waals surface area (Å²) in [6, 6.07) is 8.14. The number of benzene rings is 1. The molecule has 6 nitrogen and oxygen atoms in total. The van der Waals surface area contributed by atoms with Crippen LogP contribution in [0.15, 0.2) is 28.7 Å². The van der Waals surface area contributed by atoms with Crippen LogP contribution in [0.25, 0.3) is 11.5 Å². The quantitative estimate of drug-likeness (QED) is 0.883. The Balaban J connectivity index is 1.44. The molecule has 1 aromatic carbocycles. The lowest BCUT2D eigenvalue weighted by Crippen LogP contribution is -2.43. The molecule has 0 radical (unpaired) electrons. The van der Waals surface area contributed by atoms with Crippen molar-refractivity contribution < 1.29 is 9.21 Å². The molecule has 1 aromatic heterocycles. The van der Waals surface area contributed by atoms with Crippen LogP contribution in [0, 0.1) is 6.92 Å².